The molecule has 0 aromatic carbocycles. The van der Waals surface area contributed by atoms with Crippen molar-refractivity contribution in [2.24, 2.45) is 11.7 Å². The van der Waals surface area contributed by atoms with Gasteiger partial charge in [0.15, 0.2) is 0 Å². The average molecular weight is 306 g/mol. The van der Waals surface area contributed by atoms with Gasteiger partial charge in [0.05, 0.1) is 6.67 Å². The number of carbonyl (C=O) groups is 1. The van der Waals surface area contributed by atoms with Gasteiger partial charge in [-0.05, 0) is 38.1 Å². The molecule has 0 bridgehead atoms. The van der Waals surface area contributed by atoms with Crippen LogP contribution in [-0.2, 0) is 4.79 Å². The summed E-state index contributed by atoms with van der Waals surface area (Å²) in [6.45, 7) is 7.70. The van der Waals surface area contributed by atoms with E-state index >= 15 is 0 Å². The summed E-state index contributed by atoms with van der Waals surface area (Å²) < 4.78 is 0. The number of nitrogens with two attached hydrogens (primary N) is 1. The molecular formula is C15H22N4OS. The number of pyridine rings is 1. The normalized spacial score (nSPS) is 19.2. The van der Waals surface area contributed by atoms with Crippen LogP contribution >= 0.6 is 11.3 Å². The number of fused-ring (bicyclic) bond motifs is 1. The van der Waals surface area contributed by atoms with Gasteiger partial charge in [-0.3, -0.25) is 9.69 Å². The molecule has 0 radical (unpaired) electrons. The van der Waals surface area contributed by atoms with Gasteiger partial charge in [0.2, 0.25) is 6.41 Å². The van der Waals surface area contributed by atoms with E-state index < -0.39 is 0 Å². The second kappa shape index (κ2) is 6.87. The number of rotatable bonds is 1. The molecule has 1 amide bonds. The minimum Gasteiger partial charge on any atom is -0.372 e. The minimum atomic E-state index is 0.250. The Morgan fingerprint density at radius 2 is 2.14 bits per heavy atom. The molecule has 1 aliphatic heterocycles. The lowest BCUT2D eigenvalue weighted by Crippen LogP contribution is -2.47. The van der Waals surface area contributed by atoms with E-state index in [1.165, 1.54) is 16.8 Å². The summed E-state index contributed by atoms with van der Waals surface area (Å²) in [6, 6.07) is 6.56. The van der Waals surface area contributed by atoms with Gasteiger partial charge in [-0.25, -0.2) is 4.98 Å². The SMILES string of the molecule is Cc1cc2ccc(N3CC(C)CN(C)C3)nc2s1.NC=O. The molecule has 0 spiro atoms. The maximum Gasteiger partial charge on any atom is 0.204 e. The van der Waals surface area contributed by atoms with Crippen molar-refractivity contribution in [2.75, 3.05) is 31.7 Å². The second-order valence-electron chi connectivity index (χ2n) is 5.56. The number of nitrogens with zero attached hydrogens (tertiary/aromatic N) is 3. The predicted octanol–water partition coefficient (Wildman–Crippen LogP) is 2.05. The van der Waals surface area contributed by atoms with Crippen LogP contribution in [0.2, 0.25) is 0 Å². The average Bonchev–Trinajstić information content (AvgIpc) is 2.77. The van der Waals surface area contributed by atoms with Crippen molar-refractivity contribution in [1.29, 1.82) is 0 Å². The lowest BCUT2D eigenvalue weighted by Gasteiger charge is -2.37. The standard InChI is InChI=1S/C14H19N3S.CH3NO/c1-10-7-16(3)9-17(8-10)13-5-4-12-6-11(2)18-14(12)15-13;2-1-3/h4-6,10H,7-9H2,1-3H3;1H,(H2,2,3). The number of primary amides is 1. The fourth-order valence-electron chi connectivity index (χ4n) is 2.75. The highest BCUT2D eigenvalue weighted by Gasteiger charge is 2.21. The van der Waals surface area contributed by atoms with Crippen molar-refractivity contribution in [3.63, 3.8) is 0 Å². The number of anilines is 1. The maximum atomic E-state index is 8.58. The number of hydrogen-bond donors (Lipinski definition) is 1. The van der Waals surface area contributed by atoms with Crippen molar-refractivity contribution in [3.8, 4) is 0 Å². The van der Waals surface area contributed by atoms with Crippen LogP contribution < -0.4 is 10.6 Å². The lowest BCUT2D eigenvalue weighted by molar-refractivity contribution is -0.106. The highest BCUT2D eigenvalue weighted by molar-refractivity contribution is 7.18. The van der Waals surface area contributed by atoms with Gasteiger partial charge in [0.1, 0.15) is 10.6 Å². The molecule has 2 N–H and O–H groups in total. The molecule has 3 rings (SSSR count). The van der Waals surface area contributed by atoms with Gasteiger partial charge in [0.25, 0.3) is 0 Å². The summed E-state index contributed by atoms with van der Waals surface area (Å²) in [5.74, 6) is 1.81. The Labute approximate surface area is 129 Å². The number of aromatic nitrogens is 1. The van der Waals surface area contributed by atoms with E-state index in [1.807, 2.05) is 0 Å². The van der Waals surface area contributed by atoms with E-state index in [-0.39, 0.29) is 6.41 Å². The van der Waals surface area contributed by atoms with Gasteiger partial charge >= 0.3 is 0 Å². The zero-order chi connectivity index (χ0) is 15.4. The number of hydrogen-bond acceptors (Lipinski definition) is 5. The molecule has 114 valence electrons. The molecule has 1 fully saturated rings. The van der Waals surface area contributed by atoms with Gasteiger partial charge in [-0.1, -0.05) is 6.92 Å². The number of thiophene rings is 1. The monoisotopic (exact) mass is 306 g/mol. The Bertz CT molecular complexity index is 603. The van der Waals surface area contributed by atoms with Gasteiger partial charge in [0, 0.05) is 23.4 Å². The van der Waals surface area contributed by atoms with E-state index in [2.05, 4.69) is 54.6 Å². The molecular weight excluding hydrogens is 284 g/mol. The fourth-order valence-corrected chi connectivity index (χ4v) is 3.62. The van der Waals surface area contributed by atoms with Crippen molar-refractivity contribution in [2.45, 2.75) is 13.8 Å². The van der Waals surface area contributed by atoms with Crippen LogP contribution in [0.5, 0.6) is 0 Å². The zero-order valence-electron chi connectivity index (χ0n) is 12.7. The third-order valence-electron chi connectivity index (χ3n) is 3.38. The van der Waals surface area contributed by atoms with E-state index in [0.717, 1.165) is 23.9 Å². The first-order valence-electron chi connectivity index (χ1n) is 6.99. The van der Waals surface area contributed by atoms with E-state index in [9.17, 15) is 0 Å². The molecule has 1 atom stereocenters. The molecule has 6 heteroatoms. The van der Waals surface area contributed by atoms with Crippen LogP contribution in [0.3, 0.4) is 0 Å². The summed E-state index contributed by atoms with van der Waals surface area (Å²) in [4.78, 5) is 20.6. The lowest BCUT2D eigenvalue weighted by atomic mass is 10.1. The first-order valence-corrected chi connectivity index (χ1v) is 7.81. The summed E-state index contributed by atoms with van der Waals surface area (Å²) in [5, 5.41) is 1.26. The third kappa shape index (κ3) is 3.92. The van der Waals surface area contributed by atoms with Crippen LogP contribution in [0, 0.1) is 12.8 Å². The molecule has 21 heavy (non-hydrogen) atoms. The first-order chi connectivity index (χ1) is 10.0. The molecule has 2 aromatic heterocycles. The Morgan fingerprint density at radius 1 is 1.43 bits per heavy atom. The van der Waals surface area contributed by atoms with Crippen molar-refractivity contribution >= 4 is 33.8 Å². The van der Waals surface area contributed by atoms with Crippen molar-refractivity contribution in [3.05, 3.63) is 23.1 Å². The highest BCUT2D eigenvalue weighted by atomic mass is 32.1. The smallest absolute Gasteiger partial charge is 0.204 e. The highest BCUT2D eigenvalue weighted by Crippen LogP contribution is 2.27. The quantitative estimate of drug-likeness (QED) is 0.819. The Morgan fingerprint density at radius 3 is 2.81 bits per heavy atom. The third-order valence-corrected chi connectivity index (χ3v) is 4.34. The molecule has 0 aliphatic carbocycles. The van der Waals surface area contributed by atoms with Crippen LogP contribution in [0.1, 0.15) is 11.8 Å². The number of aryl methyl sites for hydroxylation is 1. The van der Waals surface area contributed by atoms with Gasteiger partial charge in [-0.2, -0.15) is 0 Å². The van der Waals surface area contributed by atoms with Crippen LogP contribution in [0.15, 0.2) is 18.2 Å². The summed E-state index contributed by atoms with van der Waals surface area (Å²) in [7, 11) is 2.18. The Kier molecular flexibility index (Phi) is 5.14. The largest absolute Gasteiger partial charge is 0.372 e. The zero-order valence-corrected chi connectivity index (χ0v) is 13.6. The molecule has 2 aromatic rings. The topological polar surface area (TPSA) is 62.5 Å². The molecule has 1 aliphatic rings. The number of amides is 1. The van der Waals surface area contributed by atoms with Crippen LogP contribution in [0.4, 0.5) is 5.82 Å². The van der Waals surface area contributed by atoms with E-state index in [0.29, 0.717) is 5.92 Å². The number of carbonyl (C=O) groups excluding carboxylic acids is 1. The first kappa shape index (κ1) is 15.7. The van der Waals surface area contributed by atoms with Gasteiger partial charge < -0.3 is 10.6 Å². The summed E-state index contributed by atoms with van der Waals surface area (Å²) >= 11 is 1.78. The van der Waals surface area contributed by atoms with Crippen molar-refractivity contribution in [1.82, 2.24) is 9.88 Å². The van der Waals surface area contributed by atoms with Crippen LogP contribution in [0.25, 0.3) is 10.2 Å². The molecule has 1 unspecified atom stereocenters. The maximum absolute atomic E-state index is 8.58. The second-order valence-corrected chi connectivity index (χ2v) is 6.80. The molecule has 0 saturated carbocycles. The predicted molar refractivity (Wildman–Crippen MR) is 88.6 cm³/mol. The minimum absolute atomic E-state index is 0.250. The Balaban J connectivity index is 0.000000497. The van der Waals surface area contributed by atoms with Crippen molar-refractivity contribution < 1.29 is 4.79 Å². The Hall–Kier alpha value is -1.66. The summed E-state index contributed by atoms with van der Waals surface area (Å²) in [5.41, 5.74) is 4.17. The summed E-state index contributed by atoms with van der Waals surface area (Å²) in [6.07, 6.45) is 0.250. The molecule has 1 saturated heterocycles. The van der Waals surface area contributed by atoms with E-state index in [1.54, 1.807) is 11.3 Å². The molecule has 5 nitrogen and oxygen atoms in total. The van der Waals surface area contributed by atoms with Gasteiger partial charge in [-0.15, -0.1) is 11.3 Å². The van der Waals surface area contributed by atoms with Crippen LogP contribution in [-0.4, -0.2) is 43.1 Å². The van der Waals surface area contributed by atoms with E-state index in [4.69, 9.17) is 9.78 Å². The fraction of sp³-hybridized carbons (Fsp3) is 0.467. The molecule has 3 heterocycles.